The molecule has 4 fully saturated rings. The smallest absolute Gasteiger partial charge is 0.318 e. The fraction of sp³-hybridized carbons (Fsp3) is 0.438. The van der Waals surface area contributed by atoms with E-state index < -0.39 is 6.17 Å². The average Bonchev–Trinajstić information content (AvgIpc) is 3.62. The highest BCUT2D eigenvalue weighted by atomic mass is 19.1. The van der Waals surface area contributed by atoms with Crippen LogP contribution in [-0.4, -0.2) is 77.6 Å². The van der Waals surface area contributed by atoms with Crippen molar-refractivity contribution in [2.24, 2.45) is 0 Å². The summed E-state index contributed by atoms with van der Waals surface area (Å²) in [5, 5.41) is 17.0. The Kier molecular flexibility index (Phi) is 6.68. The summed E-state index contributed by atoms with van der Waals surface area (Å²) >= 11 is 0. The molecule has 0 spiro atoms. The highest BCUT2D eigenvalue weighted by molar-refractivity contribution is 6.01. The molecule has 0 saturated carbocycles. The molecule has 8 heteroatoms. The number of halogens is 1. The molecule has 0 aliphatic carbocycles. The predicted molar refractivity (Wildman–Crippen MR) is 157 cm³/mol. The lowest BCUT2D eigenvalue weighted by molar-refractivity contribution is 0.292. The van der Waals surface area contributed by atoms with E-state index in [1.54, 1.807) is 13.2 Å². The molecule has 4 unspecified atom stereocenters. The van der Waals surface area contributed by atoms with E-state index in [9.17, 15) is 9.50 Å². The van der Waals surface area contributed by atoms with Gasteiger partial charge in [0.05, 0.1) is 12.6 Å². The summed E-state index contributed by atoms with van der Waals surface area (Å²) in [5.74, 6) is 1.22. The van der Waals surface area contributed by atoms with Crippen molar-refractivity contribution >= 4 is 27.5 Å². The number of aromatic hydroxyl groups is 1. The average molecular weight is 542 g/mol. The zero-order valence-corrected chi connectivity index (χ0v) is 22.9. The normalized spacial score (nSPS) is 25.7. The second-order valence-electron chi connectivity index (χ2n) is 11.6. The van der Waals surface area contributed by atoms with E-state index in [0.29, 0.717) is 30.7 Å². The number of fused-ring (bicyclic) bond motifs is 5. The summed E-state index contributed by atoms with van der Waals surface area (Å²) in [4.78, 5) is 14.2. The van der Waals surface area contributed by atoms with Crippen LogP contribution in [-0.2, 0) is 0 Å². The highest BCUT2D eigenvalue weighted by Crippen LogP contribution is 2.39. The molecule has 5 heterocycles. The number of methoxy groups -OCH3 is 1. The number of ether oxygens (including phenoxy) is 1. The van der Waals surface area contributed by atoms with E-state index in [2.05, 4.69) is 44.4 Å². The number of alkyl halides is 1. The largest absolute Gasteiger partial charge is 0.508 e. The van der Waals surface area contributed by atoms with E-state index in [1.165, 1.54) is 25.7 Å². The maximum Gasteiger partial charge on any atom is 0.318 e. The van der Waals surface area contributed by atoms with Crippen LogP contribution < -0.4 is 15.0 Å². The number of hydrogen-bond acceptors (Lipinski definition) is 7. The fourth-order valence-electron chi connectivity index (χ4n) is 7.23. The van der Waals surface area contributed by atoms with Gasteiger partial charge in [-0.05, 0) is 84.8 Å². The van der Waals surface area contributed by atoms with Gasteiger partial charge in [-0.1, -0.05) is 30.3 Å². The molecule has 4 aliphatic rings. The topological polar surface area (TPSA) is 73.8 Å². The minimum absolute atomic E-state index is 0.257. The molecule has 7 nitrogen and oxygen atoms in total. The standard InChI is InChI=1S/C25H24N4O2.C7H12FN/c1-31-25-27-23-11-16(22-12-19(30)10-15-4-2-3-5-20(15)22)6-9-21(23)24(28-25)29-17-7-8-18(29)14-26-13-17;8-6-4-7-2-1-3-9(7)5-6/h2-6,9-12,17-18,26,30H,7-8,13-14H2,1H3;6-7H,1-5H2. The zero-order valence-electron chi connectivity index (χ0n) is 22.9. The van der Waals surface area contributed by atoms with Gasteiger partial charge in [0.1, 0.15) is 17.7 Å². The molecular weight excluding hydrogens is 505 g/mol. The van der Waals surface area contributed by atoms with Gasteiger partial charge in [0, 0.05) is 43.1 Å². The van der Waals surface area contributed by atoms with Crippen LogP contribution in [0.5, 0.6) is 11.8 Å². The third-order valence-electron chi connectivity index (χ3n) is 9.08. The molecule has 4 saturated heterocycles. The van der Waals surface area contributed by atoms with Crippen LogP contribution in [0.1, 0.15) is 32.1 Å². The minimum atomic E-state index is -0.518. The number of hydrogen-bond donors (Lipinski definition) is 2. The summed E-state index contributed by atoms with van der Waals surface area (Å²) < 4.78 is 18.1. The number of rotatable bonds is 3. The SMILES string of the molecule is COc1nc(N2C3CCC2CNC3)c2ccc(-c3cc(O)cc4ccccc34)cc2n1.FC1CC2CCCN2C1. The molecule has 4 atom stereocenters. The lowest BCUT2D eigenvalue weighted by Gasteiger charge is -2.36. The van der Waals surface area contributed by atoms with Crippen LogP contribution in [0.25, 0.3) is 32.8 Å². The molecule has 40 heavy (non-hydrogen) atoms. The van der Waals surface area contributed by atoms with E-state index in [-0.39, 0.29) is 5.75 Å². The molecular formula is C32H36FN5O2. The number of phenolic OH excluding ortho intramolecular Hbond substituents is 1. The van der Waals surface area contributed by atoms with Crippen LogP contribution in [0.4, 0.5) is 10.2 Å². The Morgan fingerprint density at radius 2 is 1.77 bits per heavy atom. The monoisotopic (exact) mass is 541 g/mol. The molecule has 0 radical (unpaired) electrons. The number of piperazine rings is 1. The van der Waals surface area contributed by atoms with Gasteiger partial charge in [-0.25, -0.2) is 4.39 Å². The Bertz CT molecular complexity index is 1520. The van der Waals surface area contributed by atoms with Gasteiger partial charge in [-0.3, -0.25) is 4.90 Å². The molecule has 1 aromatic heterocycles. The summed E-state index contributed by atoms with van der Waals surface area (Å²) in [6.45, 7) is 3.82. The lowest BCUT2D eigenvalue weighted by atomic mass is 9.97. The van der Waals surface area contributed by atoms with Gasteiger partial charge >= 0.3 is 6.01 Å². The fourth-order valence-corrected chi connectivity index (χ4v) is 7.23. The molecule has 4 aromatic rings. The Hall–Kier alpha value is -3.49. The van der Waals surface area contributed by atoms with Crippen molar-refractivity contribution in [3.63, 3.8) is 0 Å². The van der Waals surface area contributed by atoms with E-state index >= 15 is 0 Å². The summed E-state index contributed by atoms with van der Waals surface area (Å²) in [6, 6.07) is 19.9. The summed E-state index contributed by atoms with van der Waals surface area (Å²) in [7, 11) is 1.61. The molecule has 0 amide bonds. The quantitative estimate of drug-likeness (QED) is 0.365. The Balaban J connectivity index is 0.000000249. The Morgan fingerprint density at radius 1 is 0.950 bits per heavy atom. The number of phenols is 1. The minimum Gasteiger partial charge on any atom is -0.508 e. The Labute approximate surface area is 234 Å². The van der Waals surface area contributed by atoms with E-state index in [4.69, 9.17) is 9.72 Å². The van der Waals surface area contributed by atoms with Gasteiger partial charge in [-0.15, -0.1) is 0 Å². The van der Waals surface area contributed by atoms with Crippen molar-refractivity contribution in [3.8, 4) is 22.9 Å². The van der Waals surface area contributed by atoms with Gasteiger partial charge in [-0.2, -0.15) is 9.97 Å². The first kappa shape index (κ1) is 25.5. The second kappa shape index (κ2) is 10.5. The summed E-state index contributed by atoms with van der Waals surface area (Å²) in [5.41, 5.74) is 2.85. The van der Waals surface area contributed by atoms with Crippen LogP contribution >= 0.6 is 0 Å². The number of nitrogens with zero attached hydrogens (tertiary/aromatic N) is 4. The summed E-state index contributed by atoms with van der Waals surface area (Å²) in [6.07, 6.45) is 5.17. The maximum atomic E-state index is 12.6. The predicted octanol–water partition coefficient (Wildman–Crippen LogP) is 5.30. The van der Waals surface area contributed by atoms with Gasteiger partial charge < -0.3 is 20.1 Å². The first-order valence-corrected chi connectivity index (χ1v) is 14.5. The van der Waals surface area contributed by atoms with Crippen molar-refractivity contribution in [1.29, 1.82) is 0 Å². The van der Waals surface area contributed by atoms with Crippen LogP contribution in [0.15, 0.2) is 54.6 Å². The third-order valence-corrected chi connectivity index (χ3v) is 9.08. The molecule has 8 rings (SSSR count). The van der Waals surface area contributed by atoms with Gasteiger partial charge in [0.25, 0.3) is 0 Å². The van der Waals surface area contributed by atoms with Crippen LogP contribution in [0, 0.1) is 0 Å². The van der Waals surface area contributed by atoms with Gasteiger partial charge in [0.15, 0.2) is 0 Å². The molecule has 208 valence electrons. The van der Waals surface area contributed by atoms with Crippen molar-refractivity contribution in [2.75, 3.05) is 38.2 Å². The number of benzene rings is 3. The van der Waals surface area contributed by atoms with Crippen LogP contribution in [0.2, 0.25) is 0 Å². The highest BCUT2D eigenvalue weighted by Gasteiger charge is 2.38. The first-order valence-electron chi connectivity index (χ1n) is 14.5. The van der Waals surface area contributed by atoms with Crippen molar-refractivity contribution in [1.82, 2.24) is 20.2 Å². The Morgan fingerprint density at radius 3 is 2.58 bits per heavy atom. The number of aromatic nitrogens is 2. The second-order valence-corrected chi connectivity index (χ2v) is 11.6. The number of nitrogens with one attached hydrogen (secondary N) is 1. The first-order chi connectivity index (χ1) is 19.6. The zero-order chi connectivity index (χ0) is 27.2. The maximum absolute atomic E-state index is 12.6. The van der Waals surface area contributed by atoms with E-state index in [1.807, 2.05) is 24.3 Å². The van der Waals surface area contributed by atoms with Gasteiger partial charge in [0.2, 0.25) is 0 Å². The van der Waals surface area contributed by atoms with E-state index in [0.717, 1.165) is 64.7 Å². The molecule has 3 aromatic carbocycles. The van der Waals surface area contributed by atoms with Crippen LogP contribution in [0.3, 0.4) is 0 Å². The van der Waals surface area contributed by atoms with Crippen molar-refractivity contribution < 1.29 is 14.2 Å². The number of anilines is 1. The van der Waals surface area contributed by atoms with Crippen molar-refractivity contribution in [3.05, 3.63) is 54.6 Å². The molecule has 2 N–H and O–H groups in total. The molecule has 2 bridgehead atoms. The van der Waals surface area contributed by atoms with Crippen molar-refractivity contribution in [2.45, 2.75) is 56.4 Å². The lowest BCUT2D eigenvalue weighted by Crippen LogP contribution is -2.52. The molecule has 4 aliphatic heterocycles. The third kappa shape index (κ3) is 4.63.